The summed E-state index contributed by atoms with van der Waals surface area (Å²) in [6, 6.07) is -1.33. The van der Waals surface area contributed by atoms with Gasteiger partial charge in [0.1, 0.15) is 25.2 Å². The molecule has 4 saturated heterocycles. The van der Waals surface area contributed by atoms with Crippen molar-refractivity contribution in [2.24, 2.45) is 35.0 Å². The Labute approximate surface area is 277 Å². The van der Waals surface area contributed by atoms with Gasteiger partial charge in [-0.2, -0.15) is 34.8 Å². The Balaban J connectivity index is 1.15. The summed E-state index contributed by atoms with van der Waals surface area (Å²) in [4.78, 5) is 42.6. The highest BCUT2D eigenvalue weighted by Gasteiger charge is 2.74. The number of ether oxygens (including phenoxy) is 5. The predicted molar refractivity (Wildman–Crippen MR) is 148 cm³/mol. The summed E-state index contributed by atoms with van der Waals surface area (Å²) in [5, 5.41) is -4.87. The van der Waals surface area contributed by atoms with E-state index in [4.69, 9.17) is 28.2 Å². The molecule has 276 valence electrons. The standard InChI is InChI=1S/C30H37F6NO11S/c1-12(2)37-19-20-17(23(37)38)18(24(39)46-13(3)30(35,36)49(41,42)43)21(47-20)22(19)48-25(40)26-5-4-14-8-27(16(9-26)6-15(14)7-26)44-10-28(31,32)29(33,34)11-45-27/h12-22H,4-11H2,1-3H3,(H,41,42,43). The number of hydrogen-bond acceptors (Lipinski definition) is 10. The van der Waals surface area contributed by atoms with Crippen molar-refractivity contribution in [2.45, 2.75) is 119 Å². The first-order valence-electron chi connectivity index (χ1n) is 16.3. The van der Waals surface area contributed by atoms with Crippen molar-refractivity contribution in [3.63, 3.8) is 0 Å². The van der Waals surface area contributed by atoms with Crippen LogP contribution in [0.1, 0.15) is 59.3 Å². The van der Waals surface area contributed by atoms with Crippen molar-refractivity contribution in [1.82, 2.24) is 4.90 Å². The number of alkyl halides is 6. The third-order valence-electron chi connectivity index (χ3n) is 12.1. The molecule has 7 aliphatic rings. The molecule has 0 aromatic carbocycles. The Hall–Kier alpha value is -2.22. The summed E-state index contributed by atoms with van der Waals surface area (Å²) in [5.74, 6) is -17.1. The van der Waals surface area contributed by atoms with E-state index in [0.29, 0.717) is 32.6 Å². The molecule has 49 heavy (non-hydrogen) atoms. The minimum absolute atomic E-state index is 0.0156. The van der Waals surface area contributed by atoms with Crippen LogP contribution in [0.2, 0.25) is 0 Å². The van der Waals surface area contributed by atoms with Crippen LogP contribution in [0.25, 0.3) is 0 Å². The number of amides is 1. The Morgan fingerprint density at radius 1 is 1.00 bits per heavy atom. The normalized spacial score (nSPS) is 42.0. The van der Waals surface area contributed by atoms with E-state index in [9.17, 15) is 49.1 Å². The van der Waals surface area contributed by atoms with Crippen molar-refractivity contribution >= 4 is 28.0 Å². The lowest BCUT2D eigenvalue weighted by molar-refractivity contribution is -0.312. The monoisotopic (exact) mass is 733 g/mol. The lowest BCUT2D eigenvalue weighted by Gasteiger charge is -2.59. The van der Waals surface area contributed by atoms with Gasteiger partial charge < -0.3 is 28.6 Å². The van der Waals surface area contributed by atoms with Crippen molar-refractivity contribution < 1.29 is 77.4 Å². The van der Waals surface area contributed by atoms with Crippen LogP contribution < -0.4 is 0 Å². The number of hydrogen-bond donors (Lipinski definition) is 1. The number of carbonyl (C=O) groups is 3. The zero-order valence-corrected chi connectivity index (χ0v) is 27.5. The highest BCUT2D eigenvalue weighted by Crippen LogP contribution is 2.64. The maximum Gasteiger partial charge on any atom is 0.405 e. The number of rotatable bonds is 7. The zero-order valence-electron chi connectivity index (χ0n) is 26.7. The van der Waals surface area contributed by atoms with Gasteiger partial charge in [0.2, 0.25) is 5.91 Å². The Morgan fingerprint density at radius 2 is 1.63 bits per heavy atom. The lowest BCUT2D eigenvalue weighted by Crippen LogP contribution is -2.60. The first-order valence-corrected chi connectivity index (χ1v) is 17.8. The van der Waals surface area contributed by atoms with E-state index in [-0.39, 0.29) is 24.7 Å². The second-order valence-electron chi connectivity index (χ2n) is 15.1. The summed E-state index contributed by atoms with van der Waals surface area (Å²) in [6.07, 6.45) is -4.63. The number of carbonyl (C=O) groups excluding carboxylic acids is 3. The first kappa shape index (κ1) is 35.2. The summed E-state index contributed by atoms with van der Waals surface area (Å²) >= 11 is 0. The molecule has 3 aliphatic carbocycles. The Bertz CT molecular complexity index is 1530. The summed E-state index contributed by atoms with van der Waals surface area (Å²) in [5.41, 5.74) is -1.21. The first-order chi connectivity index (χ1) is 22.6. The fourth-order valence-corrected chi connectivity index (χ4v) is 10.2. The maximum atomic E-state index is 14.3. The Morgan fingerprint density at radius 3 is 2.22 bits per heavy atom. The molecule has 11 atom stereocenters. The van der Waals surface area contributed by atoms with Gasteiger partial charge >= 0.3 is 39.2 Å². The van der Waals surface area contributed by atoms with Gasteiger partial charge in [0.25, 0.3) is 0 Å². The number of fused-ring (bicyclic) bond motifs is 4. The average Bonchev–Trinajstić information content (AvgIpc) is 3.59. The fraction of sp³-hybridized carbons (Fsp3) is 0.900. The van der Waals surface area contributed by atoms with Crippen LogP contribution in [0.3, 0.4) is 0 Å². The van der Waals surface area contributed by atoms with Gasteiger partial charge in [-0.3, -0.25) is 18.9 Å². The molecule has 1 amide bonds. The summed E-state index contributed by atoms with van der Waals surface area (Å²) in [7, 11) is -5.98. The second kappa shape index (κ2) is 10.9. The molecular weight excluding hydrogens is 696 g/mol. The molecule has 19 heteroatoms. The molecule has 5 bridgehead atoms. The number of likely N-dealkylation sites (tertiary alicyclic amines) is 1. The van der Waals surface area contributed by atoms with Crippen LogP contribution >= 0.6 is 0 Å². The van der Waals surface area contributed by atoms with Gasteiger partial charge in [0.15, 0.2) is 18.0 Å². The van der Waals surface area contributed by atoms with Crippen molar-refractivity contribution in [3.8, 4) is 0 Å². The molecule has 7 fully saturated rings. The second-order valence-corrected chi connectivity index (χ2v) is 16.6. The van der Waals surface area contributed by atoms with Gasteiger partial charge in [0, 0.05) is 18.4 Å². The Kier molecular flexibility index (Phi) is 7.83. The highest BCUT2D eigenvalue weighted by molar-refractivity contribution is 7.86. The zero-order chi connectivity index (χ0) is 35.9. The van der Waals surface area contributed by atoms with Crippen molar-refractivity contribution in [3.05, 3.63) is 0 Å². The van der Waals surface area contributed by atoms with Crippen molar-refractivity contribution in [2.75, 3.05) is 13.2 Å². The van der Waals surface area contributed by atoms with Gasteiger partial charge in [-0.05, 0) is 64.7 Å². The van der Waals surface area contributed by atoms with E-state index in [2.05, 4.69) is 0 Å². The van der Waals surface area contributed by atoms with Gasteiger partial charge in [0.05, 0.1) is 23.5 Å². The minimum atomic E-state index is -5.98. The lowest BCUT2D eigenvalue weighted by atomic mass is 9.50. The van der Waals surface area contributed by atoms with Crippen LogP contribution in [0.15, 0.2) is 0 Å². The van der Waals surface area contributed by atoms with Crippen LogP contribution in [0.5, 0.6) is 0 Å². The quantitative estimate of drug-likeness (QED) is 0.233. The smallest absolute Gasteiger partial charge is 0.405 e. The van der Waals surface area contributed by atoms with Gasteiger partial charge in [-0.1, -0.05) is 0 Å². The third-order valence-corrected chi connectivity index (χ3v) is 13.1. The molecule has 3 saturated carbocycles. The maximum absolute atomic E-state index is 14.3. The molecule has 1 N–H and O–H groups in total. The van der Waals surface area contributed by atoms with E-state index in [1.165, 1.54) is 4.90 Å². The molecule has 4 heterocycles. The number of halogens is 6. The van der Waals surface area contributed by atoms with E-state index in [0.717, 1.165) is 0 Å². The molecule has 4 aliphatic heterocycles. The van der Waals surface area contributed by atoms with E-state index in [1.54, 1.807) is 13.8 Å². The van der Waals surface area contributed by atoms with Crippen LogP contribution in [-0.4, -0.2) is 108 Å². The fourth-order valence-electron chi connectivity index (χ4n) is 9.73. The summed E-state index contributed by atoms with van der Waals surface area (Å²) < 4.78 is 145. The highest BCUT2D eigenvalue weighted by atomic mass is 32.2. The molecule has 0 aromatic heterocycles. The molecule has 1 spiro atoms. The minimum Gasteiger partial charge on any atom is -0.457 e. The summed E-state index contributed by atoms with van der Waals surface area (Å²) in [6.45, 7) is 0.810. The third kappa shape index (κ3) is 4.98. The van der Waals surface area contributed by atoms with Crippen molar-refractivity contribution in [1.29, 1.82) is 0 Å². The van der Waals surface area contributed by atoms with Gasteiger partial charge in [-0.15, -0.1) is 0 Å². The average molecular weight is 734 g/mol. The van der Waals surface area contributed by atoms with Crippen LogP contribution in [-0.2, 0) is 48.2 Å². The van der Waals surface area contributed by atoms with E-state index < -0.39 is 124 Å². The molecule has 7 rings (SSSR count). The topological polar surface area (TPSA) is 155 Å². The van der Waals surface area contributed by atoms with E-state index in [1.807, 2.05) is 0 Å². The molecular formula is C30H37F6NO11S. The molecule has 0 aromatic rings. The van der Waals surface area contributed by atoms with E-state index >= 15 is 0 Å². The number of nitrogens with zero attached hydrogens (tertiary/aromatic N) is 1. The van der Waals surface area contributed by atoms with Gasteiger partial charge in [-0.25, -0.2) is 0 Å². The largest absolute Gasteiger partial charge is 0.457 e. The van der Waals surface area contributed by atoms with Crippen LogP contribution in [0, 0.1) is 35.0 Å². The molecule has 0 radical (unpaired) electrons. The predicted octanol–water partition coefficient (Wildman–Crippen LogP) is 3.17. The molecule has 12 nitrogen and oxygen atoms in total. The van der Waals surface area contributed by atoms with Crippen LogP contribution in [0.4, 0.5) is 26.3 Å². The SMILES string of the molecule is CC(C)N1C(=O)C2C3OC(C(OC(=O)C45CCC6CC7(OCC(F)(F)C(F)(F)CO7)C(CC6C4)C5)C31)C2C(=O)OC(C)C(F)(F)S(=O)(=O)O. The molecule has 11 unspecified atom stereocenters. The number of esters is 2.